The average Bonchev–Trinajstić information content (AvgIpc) is 2.80. The van der Waals surface area contributed by atoms with Gasteiger partial charge in [0.1, 0.15) is 5.75 Å². The van der Waals surface area contributed by atoms with E-state index in [0.717, 1.165) is 11.3 Å². The number of nitrogens with zero attached hydrogens (tertiary/aromatic N) is 3. The first-order chi connectivity index (χ1) is 15.9. The molecule has 0 spiro atoms. The van der Waals surface area contributed by atoms with E-state index < -0.39 is 0 Å². The molecule has 5 aromatic rings. The number of hydrogen-bond donors (Lipinski definition) is 0. The summed E-state index contributed by atoms with van der Waals surface area (Å²) in [7, 11) is 1.61. The number of pyridine rings is 3. The van der Waals surface area contributed by atoms with Crippen molar-refractivity contribution in [2.75, 3.05) is 7.11 Å². The van der Waals surface area contributed by atoms with Crippen LogP contribution in [-0.4, -0.2) is 21.2 Å². The van der Waals surface area contributed by atoms with E-state index in [4.69, 9.17) is 27.9 Å². The zero-order valence-corrected chi connectivity index (χ0v) is 19.0. The molecular formula is C25H17Cl2N3O3. The van der Waals surface area contributed by atoms with E-state index in [9.17, 15) is 9.59 Å². The first-order valence-corrected chi connectivity index (χ1v) is 10.8. The lowest BCUT2D eigenvalue weighted by molar-refractivity contribution is 0.414. The minimum atomic E-state index is -0.315. The Bertz CT molecular complexity index is 1620. The number of halogens is 2. The molecule has 0 bridgehead atoms. The van der Waals surface area contributed by atoms with Crippen molar-refractivity contribution < 1.29 is 4.74 Å². The zero-order chi connectivity index (χ0) is 23.1. The van der Waals surface area contributed by atoms with Crippen LogP contribution in [0.4, 0.5) is 0 Å². The number of rotatable bonds is 4. The van der Waals surface area contributed by atoms with Gasteiger partial charge >= 0.3 is 0 Å². The molecule has 3 heterocycles. The molecule has 33 heavy (non-hydrogen) atoms. The molecule has 0 fully saturated rings. The molecule has 164 valence electrons. The molecule has 0 N–H and O–H groups in total. The molecule has 6 nitrogen and oxygen atoms in total. The lowest BCUT2D eigenvalue weighted by Gasteiger charge is -2.10. The third-order valence-electron chi connectivity index (χ3n) is 5.45. The first kappa shape index (κ1) is 21.2. The Morgan fingerprint density at radius 1 is 0.818 bits per heavy atom. The van der Waals surface area contributed by atoms with Crippen LogP contribution < -0.4 is 15.9 Å². The van der Waals surface area contributed by atoms with Crippen LogP contribution in [0.2, 0.25) is 10.0 Å². The van der Waals surface area contributed by atoms with E-state index in [-0.39, 0.29) is 11.1 Å². The van der Waals surface area contributed by atoms with Gasteiger partial charge in [-0.15, -0.1) is 0 Å². The summed E-state index contributed by atoms with van der Waals surface area (Å²) in [6.45, 7) is 0.386. The van der Waals surface area contributed by atoms with E-state index in [1.165, 1.54) is 4.57 Å². The Morgan fingerprint density at radius 2 is 1.45 bits per heavy atom. The van der Waals surface area contributed by atoms with Gasteiger partial charge in [0.25, 0.3) is 11.1 Å². The van der Waals surface area contributed by atoms with Crippen LogP contribution in [0.5, 0.6) is 5.75 Å². The Labute approximate surface area is 198 Å². The molecular weight excluding hydrogens is 461 g/mol. The summed E-state index contributed by atoms with van der Waals surface area (Å²) in [5.74, 6) is 0.748. The monoisotopic (exact) mass is 477 g/mol. The number of fused-ring (bicyclic) bond motifs is 2. The van der Waals surface area contributed by atoms with Crippen molar-refractivity contribution in [3.8, 4) is 11.4 Å². The first-order valence-electron chi connectivity index (χ1n) is 10.1. The van der Waals surface area contributed by atoms with Crippen molar-refractivity contribution >= 4 is 45.0 Å². The third kappa shape index (κ3) is 3.99. The van der Waals surface area contributed by atoms with Crippen molar-refractivity contribution in [3.63, 3.8) is 0 Å². The highest BCUT2D eigenvalue weighted by Crippen LogP contribution is 2.22. The molecule has 0 saturated carbocycles. The van der Waals surface area contributed by atoms with Crippen LogP contribution in [0.25, 0.3) is 27.5 Å². The summed E-state index contributed by atoms with van der Waals surface area (Å²) in [4.78, 5) is 31.0. The normalized spacial score (nSPS) is 11.2. The van der Waals surface area contributed by atoms with Gasteiger partial charge in [-0.05, 0) is 54.1 Å². The van der Waals surface area contributed by atoms with Crippen molar-refractivity contribution in [2.45, 2.75) is 6.54 Å². The number of aromatic nitrogens is 3. The Morgan fingerprint density at radius 3 is 2.12 bits per heavy atom. The molecule has 0 saturated heterocycles. The molecule has 0 amide bonds. The standard InChI is InChI=1S/C25H17Cl2N3O3/c1-33-19-4-2-15(3-5-19)14-29-8-6-22-20(24(29)31)13-21-23(28-22)7-9-30(25(21)32)18-11-16(26)10-17(27)12-18/h2-13H,14H2,1H3. The van der Waals surface area contributed by atoms with Gasteiger partial charge < -0.3 is 9.30 Å². The lowest BCUT2D eigenvalue weighted by atomic mass is 10.1. The summed E-state index contributed by atoms with van der Waals surface area (Å²) in [5, 5.41) is 1.54. The fraction of sp³-hybridized carbons (Fsp3) is 0.0800. The van der Waals surface area contributed by atoms with Gasteiger partial charge in [0.15, 0.2) is 0 Å². The highest BCUT2D eigenvalue weighted by atomic mass is 35.5. The molecule has 5 rings (SSSR count). The highest BCUT2D eigenvalue weighted by molar-refractivity contribution is 6.34. The number of benzene rings is 2. The minimum Gasteiger partial charge on any atom is -0.497 e. The summed E-state index contributed by atoms with van der Waals surface area (Å²) in [6.07, 6.45) is 3.33. The largest absolute Gasteiger partial charge is 0.497 e. The maximum atomic E-state index is 13.3. The van der Waals surface area contributed by atoms with Crippen LogP contribution in [0.1, 0.15) is 5.56 Å². The maximum absolute atomic E-state index is 13.3. The fourth-order valence-corrected chi connectivity index (χ4v) is 4.31. The number of ether oxygens (including phenoxy) is 1. The number of hydrogen-bond acceptors (Lipinski definition) is 4. The van der Waals surface area contributed by atoms with E-state index in [0.29, 0.717) is 44.1 Å². The molecule has 0 aliphatic rings. The van der Waals surface area contributed by atoms with Crippen LogP contribution in [0.15, 0.2) is 82.6 Å². The summed E-state index contributed by atoms with van der Waals surface area (Å²) < 4.78 is 8.21. The van der Waals surface area contributed by atoms with Crippen molar-refractivity contribution in [2.24, 2.45) is 0 Å². The predicted molar refractivity (Wildman–Crippen MR) is 131 cm³/mol. The van der Waals surface area contributed by atoms with E-state index in [1.54, 1.807) is 60.5 Å². The molecule has 0 atom stereocenters. The minimum absolute atomic E-state index is 0.224. The van der Waals surface area contributed by atoms with Gasteiger partial charge in [-0.3, -0.25) is 14.2 Å². The van der Waals surface area contributed by atoms with E-state index >= 15 is 0 Å². The average molecular weight is 478 g/mol. The van der Waals surface area contributed by atoms with Crippen LogP contribution in [-0.2, 0) is 6.54 Å². The highest BCUT2D eigenvalue weighted by Gasteiger charge is 2.12. The topological polar surface area (TPSA) is 66.1 Å². The van der Waals surface area contributed by atoms with Crippen LogP contribution in [0.3, 0.4) is 0 Å². The Kier molecular flexibility index (Phi) is 5.40. The second kappa shape index (κ2) is 8.39. The molecule has 3 aromatic heterocycles. The quantitative estimate of drug-likeness (QED) is 0.339. The summed E-state index contributed by atoms with van der Waals surface area (Å²) in [6, 6.07) is 17.5. The second-order valence-electron chi connectivity index (χ2n) is 7.57. The summed E-state index contributed by atoms with van der Waals surface area (Å²) in [5.41, 5.74) is 1.98. The summed E-state index contributed by atoms with van der Waals surface area (Å²) >= 11 is 12.2. The third-order valence-corrected chi connectivity index (χ3v) is 5.89. The van der Waals surface area contributed by atoms with E-state index in [2.05, 4.69) is 4.98 Å². The van der Waals surface area contributed by atoms with Gasteiger partial charge in [-0.2, -0.15) is 0 Å². The smallest absolute Gasteiger partial charge is 0.264 e. The van der Waals surface area contributed by atoms with Gasteiger partial charge in [0.05, 0.1) is 41.1 Å². The zero-order valence-electron chi connectivity index (χ0n) is 17.5. The van der Waals surface area contributed by atoms with Gasteiger partial charge in [-0.25, -0.2) is 4.98 Å². The molecule has 0 unspecified atom stereocenters. The second-order valence-corrected chi connectivity index (χ2v) is 8.44. The Hall–Kier alpha value is -3.61. The maximum Gasteiger partial charge on any atom is 0.264 e. The predicted octanol–water partition coefficient (Wildman–Crippen LogP) is 5.06. The lowest BCUT2D eigenvalue weighted by Crippen LogP contribution is -2.22. The Balaban J connectivity index is 1.64. The van der Waals surface area contributed by atoms with Gasteiger partial charge in [0.2, 0.25) is 0 Å². The molecule has 0 radical (unpaired) electrons. The van der Waals surface area contributed by atoms with Crippen molar-refractivity contribution in [1.29, 1.82) is 0 Å². The van der Waals surface area contributed by atoms with Crippen LogP contribution in [0, 0.1) is 0 Å². The molecule has 2 aromatic carbocycles. The SMILES string of the molecule is COc1ccc(Cn2ccc3nc4ccn(-c5cc(Cl)cc(Cl)c5)c(=O)c4cc3c2=O)cc1. The van der Waals surface area contributed by atoms with Crippen molar-refractivity contribution in [3.05, 3.63) is 109 Å². The van der Waals surface area contributed by atoms with Gasteiger partial charge in [-0.1, -0.05) is 35.3 Å². The molecule has 0 aliphatic carbocycles. The molecule has 8 heteroatoms. The fourth-order valence-electron chi connectivity index (χ4n) is 3.80. The van der Waals surface area contributed by atoms with Crippen LogP contribution >= 0.6 is 23.2 Å². The van der Waals surface area contributed by atoms with Crippen molar-refractivity contribution in [1.82, 2.24) is 14.1 Å². The van der Waals surface area contributed by atoms with Gasteiger partial charge in [0, 0.05) is 22.4 Å². The number of methoxy groups -OCH3 is 1. The van der Waals surface area contributed by atoms with E-state index in [1.807, 2.05) is 24.3 Å². The molecule has 0 aliphatic heterocycles.